The second-order valence-electron chi connectivity index (χ2n) is 7.39. The minimum atomic E-state index is -1.25. The quantitative estimate of drug-likeness (QED) is 0.602. The van der Waals surface area contributed by atoms with Crippen LogP contribution in [0.5, 0.6) is 17.2 Å². The zero-order chi connectivity index (χ0) is 21.5. The minimum absolute atomic E-state index is 0.0187. The van der Waals surface area contributed by atoms with Crippen LogP contribution >= 0.6 is 0 Å². The first-order valence-electron chi connectivity index (χ1n) is 9.55. The minimum Gasteiger partial charge on any atom is -0.496 e. The van der Waals surface area contributed by atoms with E-state index in [1.165, 1.54) is 14.0 Å². The molecule has 2 aromatic rings. The molecule has 0 saturated carbocycles. The van der Waals surface area contributed by atoms with Gasteiger partial charge in [-0.3, -0.25) is 14.5 Å². The second-order valence-corrected chi connectivity index (χ2v) is 7.39. The molecule has 1 saturated heterocycles. The number of fused-ring (bicyclic) bond motifs is 1. The third kappa shape index (κ3) is 3.24. The molecule has 2 heterocycles. The predicted molar refractivity (Wildman–Crippen MR) is 107 cm³/mol. The van der Waals surface area contributed by atoms with Crippen LogP contribution in [0.3, 0.4) is 0 Å². The van der Waals surface area contributed by atoms with E-state index in [2.05, 4.69) is 5.32 Å². The van der Waals surface area contributed by atoms with Gasteiger partial charge >= 0.3 is 6.03 Å². The van der Waals surface area contributed by atoms with E-state index in [-0.39, 0.29) is 12.3 Å². The summed E-state index contributed by atoms with van der Waals surface area (Å²) in [5.41, 5.74) is 0.392. The van der Waals surface area contributed by atoms with Gasteiger partial charge in [0.25, 0.3) is 5.91 Å². The Bertz CT molecular complexity index is 1050. The molecule has 2 aliphatic heterocycles. The van der Waals surface area contributed by atoms with E-state index in [9.17, 15) is 14.4 Å². The van der Waals surface area contributed by atoms with E-state index in [1.54, 1.807) is 43.3 Å². The van der Waals surface area contributed by atoms with Crippen molar-refractivity contribution in [3.8, 4) is 17.2 Å². The maximum Gasteiger partial charge on any atom is 0.325 e. The smallest absolute Gasteiger partial charge is 0.325 e. The Labute approximate surface area is 173 Å². The molecule has 0 aromatic heterocycles. The van der Waals surface area contributed by atoms with Gasteiger partial charge in [0.15, 0.2) is 17.3 Å². The first kappa shape index (κ1) is 19.8. The Morgan fingerprint density at radius 3 is 2.57 bits per heavy atom. The van der Waals surface area contributed by atoms with Gasteiger partial charge in [-0.1, -0.05) is 6.07 Å². The summed E-state index contributed by atoms with van der Waals surface area (Å²) in [5, 5.41) is 2.78. The molecule has 8 heteroatoms. The van der Waals surface area contributed by atoms with Gasteiger partial charge < -0.3 is 19.5 Å². The lowest BCUT2D eigenvalue weighted by atomic mass is 9.91. The summed E-state index contributed by atoms with van der Waals surface area (Å²) in [6, 6.07) is 9.62. The van der Waals surface area contributed by atoms with Crippen molar-refractivity contribution in [1.82, 2.24) is 10.2 Å². The van der Waals surface area contributed by atoms with Crippen molar-refractivity contribution in [2.75, 3.05) is 20.3 Å². The lowest BCUT2D eigenvalue weighted by molar-refractivity contribution is -0.131. The van der Waals surface area contributed by atoms with Gasteiger partial charge in [-0.2, -0.15) is 0 Å². The molecule has 156 valence electrons. The van der Waals surface area contributed by atoms with Crippen LogP contribution < -0.4 is 19.5 Å². The monoisotopic (exact) mass is 410 g/mol. The summed E-state index contributed by atoms with van der Waals surface area (Å²) in [5.74, 6) is 1.12. The summed E-state index contributed by atoms with van der Waals surface area (Å²) < 4.78 is 16.5. The van der Waals surface area contributed by atoms with Gasteiger partial charge in [-0.05, 0) is 49.7 Å². The molecular formula is C22H22N2O6. The molecule has 0 bridgehead atoms. The molecule has 2 aliphatic rings. The van der Waals surface area contributed by atoms with Crippen LogP contribution in [0.25, 0.3) is 0 Å². The summed E-state index contributed by atoms with van der Waals surface area (Å²) in [6.45, 7) is 3.98. The normalized spacial score (nSPS) is 20.2. The zero-order valence-electron chi connectivity index (χ0n) is 17.0. The molecule has 1 N–H and O–H groups in total. The van der Waals surface area contributed by atoms with Crippen molar-refractivity contribution in [3.05, 3.63) is 53.1 Å². The number of ketones is 1. The van der Waals surface area contributed by atoms with E-state index >= 15 is 0 Å². The van der Waals surface area contributed by atoms with Gasteiger partial charge in [0.1, 0.15) is 24.5 Å². The molecular weight excluding hydrogens is 388 g/mol. The highest BCUT2D eigenvalue weighted by molar-refractivity contribution is 6.07. The highest BCUT2D eigenvalue weighted by atomic mass is 16.6. The van der Waals surface area contributed by atoms with E-state index in [1.807, 2.05) is 0 Å². The fourth-order valence-electron chi connectivity index (χ4n) is 3.68. The van der Waals surface area contributed by atoms with Crippen LogP contribution in [0.15, 0.2) is 36.4 Å². The van der Waals surface area contributed by atoms with E-state index < -0.39 is 17.5 Å². The van der Waals surface area contributed by atoms with Crippen LogP contribution in [0.4, 0.5) is 4.79 Å². The van der Waals surface area contributed by atoms with Crippen molar-refractivity contribution in [2.24, 2.45) is 0 Å². The number of ether oxygens (including phenoxy) is 3. The molecule has 0 spiro atoms. The maximum absolute atomic E-state index is 13.3. The molecule has 0 unspecified atom stereocenters. The number of methoxy groups -OCH3 is 1. The van der Waals surface area contributed by atoms with Crippen molar-refractivity contribution in [3.63, 3.8) is 0 Å². The third-order valence-electron chi connectivity index (χ3n) is 5.41. The number of benzene rings is 2. The van der Waals surface area contributed by atoms with Crippen LogP contribution in [0, 0.1) is 0 Å². The number of hydrogen-bond acceptors (Lipinski definition) is 6. The van der Waals surface area contributed by atoms with Crippen molar-refractivity contribution in [1.29, 1.82) is 0 Å². The molecule has 2 aromatic carbocycles. The second kappa shape index (κ2) is 7.37. The summed E-state index contributed by atoms with van der Waals surface area (Å²) in [7, 11) is 1.50. The van der Waals surface area contributed by atoms with Gasteiger partial charge in [-0.25, -0.2) is 4.79 Å². The number of nitrogens with zero attached hydrogens (tertiary/aromatic N) is 1. The Morgan fingerprint density at radius 1 is 1.13 bits per heavy atom. The van der Waals surface area contributed by atoms with Gasteiger partial charge in [-0.15, -0.1) is 0 Å². The molecule has 1 fully saturated rings. The lowest BCUT2D eigenvalue weighted by Crippen LogP contribution is -2.41. The van der Waals surface area contributed by atoms with E-state index in [0.717, 1.165) is 4.90 Å². The number of nitrogens with one attached hydrogen (secondary N) is 1. The van der Waals surface area contributed by atoms with Crippen LogP contribution in [0.1, 0.15) is 35.3 Å². The Hall–Kier alpha value is -3.55. The average molecular weight is 410 g/mol. The fraction of sp³-hybridized carbons (Fsp3) is 0.318. The number of urea groups is 1. The van der Waals surface area contributed by atoms with E-state index in [0.29, 0.717) is 47.2 Å². The highest BCUT2D eigenvalue weighted by Crippen LogP contribution is 2.37. The molecule has 0 radical (unpaired) electrons. The third-order valence-corrected chi connectivity index (χ3v) is 5.41. The SMILES string of the molecule is COc1ccc(C(C)=O)cc1CN1C(=O)N[C@](C)(c2ccc3c(c2)OCCO3)C1=O. The molecule has 1 atom stereocenters. The largest absolute Gasteiger partial charge is 0.496 e. The first-order valence-corrected chi connectivity index (χ1v) is 9.55. The molecule has 3 amide bonds. The van der Waals surface area contributed by atoms with Crippen molar-refractivity contribution >= 4 is 17.7 Å². The average Bonchev–Trinajstić information content (AvgIpc) is 2.97. The van der Waals surface area contributed by atoms with Crippen molar-refractivity contribution < 1.29 is 28.6 Å². The highest BCUT2D eigenvalue weighted by Gasteiger charge is 2.49. The zero-order valence-corrected chi connectivity index (χ0v) is 17.0. The summed E-state index contributed by atoms with van der Waals surface area (Å²) in [6.07, 6.45) is 0. The standard InChI is InChI=1S/C22H22N2O6/c1-13(25)14-4-6-17(28-3)15(10-14)12-24-20(26)22(2,23-21(24)27)16-5-7-18-19(11-16)30-9-8-29-18/h4-7,10-11H,8-9,12H2,1-3H3,(H,23,27)/t22-/m1/s1. The Kier molecular flexibility index (Phi) is 4.85. The number of carbonyl (C=O) groups excluding carboxylic acids is 3. The number of rotatable bonds is 5. The Morgan fingerprint density at radius 2 is 1.87 bits per heavy atom. The maximum atomic E-state index is 13.3. The van der Waals surface area contributed by atoms with Crippen molar-refractivity contribution in [2.45, 2.75) is 25.9 Å². The number of imide groups is 1. The topological polar surface area (TPSA) is 94.2 Å². The number of amides is 3. The Balaban J connectivity index is 1.65. The number of Topliss-reactive ketones (excluding diaryl/α,β-unsaturated/α-hetero) is 1. The number of carbonyl (C=O) groups is 3. The van der Waals surface area contributed by atoms with Gasteiger partial charge in [0.05, 0.1) is 13.7 Å². The number of hydrogen-bond donors (Lipinski definition) is 1. The molecule has 30 heavy (non-hydrogen) atoms. The van der Waals surface area contributed by atoms with Crippen LogP contribution in [0.2, 0.25) is 0 Å². The predicted octanol–water partition coefficient (Wildman–Crippen LogP) is 2.64. The van der Waals surface area contributed by atoms with Crippen LogP contribution in [-0.4, -0.2) is 42.9 Å². The first-order chi connectivity index (χ1) is 14.3. The summed E-state index contributed by atoms with van der Waals surface area (Å²) >= 11 is 0. The molecule has 4 rings (SSSR count). The lowest BCUT2D eigenvalue weighted by Gasteiger charge is -2.25. The van der Waals surface area contributed by atoms with Crippen LogP contribution in [-0.2, 0) is 16.9 Å². The molecule has 8 nitrogen and oxygen atoms in total. The summed E-state index contributed by atoms with van der Waals surface area (Å²) in [4.78, 5) is 38.9. The van der Waals surface area contributed by atoms with Gasteiger partial charge in [0, 0.05) is 11.1 Å². The van der Waals surface area contributed by atoms with E-state index in [4.69, 9.17) is 14.2 Å². The molecule has 0 aliphatic carbocycles. The fourth-order valence-corrected chi connectivity index (χ4v) is 3.68. The van der Waals surface area contributed by atoms with Gasteiger partial charge in [0.2, 0.25) is 0 Å².